The van der Waals surface area contributed by atoms with Crippen LogP contribution in [0.15, 0.2) is 0 Å². The van der Waals surface area contributed by atoms with Gasteiger partial charge in [-0.1, -0.05) is 0 Å². The third-order valence-corrected chi connectivity index (χ3v) is 0. The molecule has 11 heteroatoms. The minimum atomic E-state index is -1.28. The van der Waals surface area contributed by atoms with E-state index in [1.165, 1.54) is 0 Å². The van der Waals surface area contributed by atoms with Crippen LogP contribution in [0.2, 0.25) is 0 Å². The number of hydrogen-bond acceptors (Lipinski definition) is 0. The van der Waals surface area contributed by atoms with Crippen molar-refractivity contribution in [3.63, 3.8) is 0 Å². The summed E-state index contributed by atoms with van der Waals surface area (Å²) in [6, 6.07) is 0. The fourth-order valence-electron chi connectivity index (χ4n) is 0. The van der Waals surface area contributed by atoms with Crippen molar-refractivity contribution in [2.75, 3.05) is 0 Å². The summed E-state index contributed by atoms with van der Waals surface area (Å²) in [6.45, 7) is 0. The van der Waals surface area contributed by atoms with E-state index >= 15 is 0 Å². The van der Waals surface area contributed by atoms with Gasteiger partial charge in [0.05, 0.1) is 0 Å². The third-order valence-electron chi connectivity index (χ3n) is 0. The SMILES string of the molecule is O.O.O.O.O.O.O.[Br][La]([Br])[Br]. The van der Waals surface area contributed by atoms with Crippen molar-refractivity contribution >= 4 is 30.5 Å². The van der Waals surface area contributed by atoms with Crippen LogP contribution in [0.3, 0.4) is 0 Å². The Kier molecular flexibility index (Phi) is 359. The van der Waals surface area contributed by atoms with E-state index in [0.717, 1.165) is 0 Å². The van der Waals surface area contributed by atoms with Gasteiger partial charge in [-0.2, -0.15) is 0 Å². The number of rotatable bonds is 0. The molecule has 0 radical (unpaired) electrons. The van der Waals surface area contributed by atoms with E-state index in [0.29, 0.717) is 0 Å². The zero-order valence-corrected chi connectivity index (χ0v) is 13.6. The molecule has 0 bridgehead atoms. The molecular formula is H14Br3LaO7. The molecule has 14 N–H and O–H groups in total. The van der Waals surface area contributed by atoms with Crippen molar-refractivity contribution in [2.24, 2.45) is 0 Å². The first-order valence-corrected chi connectivity index (χ1v) is 24.8. The normalized spacial score (nSPS) is 2.45. The molecule has 0 aromatic heterocycles. The summed E-state index contributed by atoms with van der Waals surface area (Å²) in [5, 5.41) is 0. The molecule has 0 aromatic carbocycles. The Morgan fingerprint density at radius 1 is 0.455 bits per heavy atom. The van der Waals surface area contributed by atoms with Gasteiger partial charge < -0.3 is 38.3 Å². The van der Waals surface area contributed by atoms with E-state index in [4.69, 9.17) is 0 Å². The Morgan fingerprint density at radius 3 is 0.455 bits per heavy atom. The summed E-state index contributed by atoms with van der Waals surface area (Å²) in [4.78, 5) is 0. The van der Waals surface area contributed by atoms with Crippen LogP contribution in [0.25, 0.3) is 0 Å². The molecule has 0 spiro atoms. The van der Waals surface area contributed by atoms with Crippen LogP contribution in [0.4, 0.5) is 0 Å². The molecule has 7 nitrogen and oxygen atoms in total. The number of hydrogen-bond donors (Lipinski definition) is 0. The Morgan fingerprint density at radius 2 is 0.455 bits per heavy atom. The molecule has 0 fully saturated rings. The van der Waals surface area contributed by atoms with Gasteiger partial charge in [0.1, 0.15) is 0 Å². The van der Waals surface area contributed by atoms with Gasteiger partial charge in [-0.15, -0.1) is 0 Å². The Bertz CT molecular complexity index is 18.4. The van der Waals surface area contributed by atoms with Crippen LogP contribution in [-0.2, 0) is 0 Å². The molecule has 0 aromatic rings. The van der Waals surface area contributed by atoms with Crippen molar-refractivity contribution in [1.82, 2.24) is 0 Å². The van der Waals surface area contributed by atoms with Gasteiger partial charge in [-0.05, 0) is 0 Å². The van der Waals surface area contributed by atoms with Gasteiger partial charge in [0.15, 0.2) is 0 Å². The van der Waals surface area contributed by atoms with Gasteiger partial charge in [0, 0.05) is 0 Å². The molecule has 0 aliphatic carbocycles. The summed E-state index contributed by atoms with van der Waals surface area (Å²) in [5.74, 6) is 0. The summed E-state index contributed by atoms with van der Waals surface area (Å²) < 4.78 is 0. The van der Waals surface area contributed by atoms with E-state index in [1.54, 1.807) is 0 Å². The molecule has 80 valence electrons. The molecule has 0 saturated heterocycles. The third kappa shape index (κ3) is 239. The van der Waals surface area contributed by atoms with Gasteiger partial charge in [0.25, 0.3) is 0 Å². The van der Waals surface area contributed by atoms with Crippen molar-refractivity contribution in [3.8, 4) is 0 Å². The Balaban J connectivity index is -0.00000000214. The first kappa shape index (κ1) is 71.1. The second kappa shape index (κ2) is 55.6. The van der Waals surface area contributed by atoms with Crippen LogP contribution in [0.5, 0.6) is 0 Å². The Labute approximate surface area is 88.9 Å². The monoisotopic (exact) mass is 502 g/mol. The van der Waals surface area contributed by atoms with Gasteiger partial charge in [-0.25, -0.2) is 0 Å². The fraction of sp³-hybridized carbons (Fsp3) is 0. The standard InChI is InChI=1S/3BrH.La.7H2O/h3*1H;;7*1H2/q;;;+3;;;;;;;/p-3. The van der Waals surface area contributed by atoms with Crippen LogP contribution in [-0.4, -0.2) is 38.3 Å². The molecule has 0 saturated carbocycles. The van der Waals surface area contributed by atoms with E-state index in [9.17, 15) is 0 Å². The summed E-state index contributed by atoms with van der Waals surface area (Å²) in [7, 11) is 9.98. The molecule has 0 amide bonds. The molecule has 0 unspecified atom stereocenters. The topological polar surface area (TPSA) is 220 Å². The van der Waals surface area contributed by atoms with Gasteiger partial charge >= 0.3 is 52.0 Å². The van der Waals surface area contributed by atoms with E-state index < -0.39 is 21.5 Å². The van der Waals surface area contributed by atoms with Crippen LogP contribution < -0.4 is 0 Å². The van der Waals surface area contributed by atoms with Gasteiger partial charge in [-0.3, -0.25) is 0 Å². The van der Waals surface area contributed by atoms with Crippen molar-refractivity contribution in [3.05, 3.63) is 0 Å². The van der Waals surface area contributed by atoms with Crippen molar-refractivity contribution in [2.45, 2.75) is 0 Å². The predicted molar refractivity (Wildman–Crippen MR) is 52.1 cm³/mol. The zero-order valence-electron chi connectivity index (χ0n) is 5.21. The molecule has 0 atom stereocenters. The molecule has 0 aliphatic rings. The zero-order chi connectivity index (χ0) is 3.58. The quantitative estimate of drug-likeness (QED) is 0.317. The average molecular weight is 505 g/mol. The van der Waals surface area contributed by atoms with Crippen LogP contribution in [0.1, 0.15) is 0 Å². The summed E-state index contributed by atoms with van der Waals surface area (Å²) >= 11 is -1.28. The maximum absolute atomic E-state index is 3.33. The summed E-state index contributed by atoms with van der Waals surface area (Å²) in [5.41, 5.74) is 0. The van der Waals surface area contributed by atoms with Gasteiger partial charge in [0.2, 0.25) is 0 Å². The molecule has 11 heavy (non-hydrogen) atoms. The second-order valence-corrected chi connectivity index (χ2v) is 48.6. The minimum absolute atomic E-state index is 0. The fourth-order valence-corrected chi connectivity index (χ4v) is 0. The van der Waals surface area contributed by atoms with Crippen molar-refractivity contribution < 1.29 is 59.8 Å². The van der Waals surface area contributed by atoms with Crippen LogP contribution in [0, 0.1) is 21.5 Å². The molecule has 0 aliphatic heterocycles. The van der Waals surface area contributed by atoms with E-state index in [2.05, 4.69) is 30.5 Å². The molecular weight excluding hydrogens is 491 g/mol. The Hall–Kier alpha value is 2.35. The first-order valence-electron chi connectivity index (χ1n) is 0.655. The van der Waals surface area contributed by atoms with Crippen LogP contribution >= 0.6 is 30.5 Å². The molecule has 0 heterocycles. The van der Waals surface area contributed by atoms with E-state index in [1.807, 2.05) is 0 Å². The second-order valence-electron chi connectivity index (χ2n) is 0.247. The first-order chi connectivity index (χ1) is 1.73. The summed E-state index contributed by atoms with van der Waals surface area (Å²) in [6.07, 6.45) is 0. The number of halogens is 3. The maximum atomic E-state index is 3.33. The average Bonchev–Trinajstić information content (AvgIpc) is 0.811. The predicted octanol–water partition coefficient (Wildman–Crippen LogP) is -3.24. The molecule has 0 rings (SSSR count). The van der Waals surface area contributed by atoms with Crippen molar-refractivity contribution in [1.29, 1.82) is 0 Å². The van der Waals surface area contributed by atoms with E-state index in [-0.39, 0.29) is 38.3 Å².